The molecule has 0 amide bonds. The van der Waals surface area contributed by atoms with Crippen LogP contribution < -0.4 is 11.1 Å². The molecule has 5 heteroatoms. The van der Waals surface area contributed by atoms with Crippen LogP contribution in [0.5, 0.6) is 0 Å². The monoisotopic (exact) mass is 294 g/mol. The second-order valence-corrected chi connectivity index (χ2v) is 5.88. The summed E-state index contributed by atoms with van der Waals surface area (Å²) in [6, 6.07) is 2.41. The highest BCUT2D eigenvalue weighted by Crippen LogP contribution is 2.36. The molecule has 0 saturated carbocycles. The first-order chi connectivity index (χ1) is 9.60. The summed E-state index contributed by atoms with van der Waals surface area (Å²) < 4.78 is 27.1. The van der Waals surface area contributed by atoms with Crippen molar-refractivity contribution >= 4 is 17.2 Å². The molecule has 2 aliphatic rings. The molecule has 1 heterocycles. The van der Waals surface area contributed by atoms with Crippen LogP contribution in [0.25, 0.3) is 0 Å². The van der Waals surface area contributed by atoms with E-state index in [1.54, 1.807) is 0 Å². The fraction of sp³-hybridized carbons (Fsp3) is 0.400. The van der Waals surface area contributed by atoms with E-state index in [1.807, 2.05) is 6.20 Å². The third-order valence-electron chi connectivity index (χ3n) is 4.29. The van der Waals surface area contributed by atoms with Gasteiger partial charge in [0.25, 0.3) is 0 Å². The third-order valence-corrected chi connectivity index (χ3v) is 4.66. The largest absolute Gasteiger partial charge is 0.356 e. The van der Waals surface area contributed by atoms with Crippen molar-refractivity contribution in [3.05, 3.63) is 46.7 Å². The number of thiocarbonyl (C=S) groups is 1. The molecule has 0 aromatic heterocycles. The van der Waals surface area contributed by atoms with Crippen LogP contribution >= 0.6 is 12.2 Å². The Hall–Kier alpha value is -1.33. The molecule has 0 saturated heterocycles. The Bertz CT molecular complexity index is 598. The molecule has 2 nitrogen and oxygen atoms in total. The lowest BCUT2D eigenvalue weighted by molar-refractivity contribution is 0.395. The van der Waals surface area contributed by atoms with Gasteiger partial charge in [-0.05, 0) is 47.9 Å². The molecule has 0 spiro atoms. The maximum atomic E-state index is 13.7. The molecular weight excluding hydrogens is 278 g/mol. The topological polar surface area (TPSA) is 38.0 Å². The summed E-state index contributed by atoms with van der Waals surface area (Å²) in [7, 11) is 0. The fourth-order valence-electron chi connectivity index (χ4n) is 3.33. The van der Waals surface area contributed by atoms with E-state index in [4.69, 9.17) is 18.0 Å². The number of halogens is 2. The van der Waals surface area contributed by atoms with E-state index in [2.05, 4.69) is 5.32 Å². The molecule has 2 atom stereocenters. The number of nitrogens with one attached hydrogen (secondary N) is 1. The summed E-state index contributed by atoms with van der Waals surface area (Å²) in [4.78, 5) is 0.774. The van der Waals surface area contributed by atoms with E-state index in [0.29, 0.717) is 24.9 Å². The van der Waals surface area contributed by atoms with Crippen LogP contribution in [0.2, 0.25) is 0 Å². The molecule has 1 aliphatic carbocycles. The van der Waals surface area contributed by atoms with Gasteiger partial charge in [0.1, 0.15) is 11.6 Å². The SMILES string of the molecule is NCC1=CNC(=S)[C@H]1C1CCc2c(F)cc(F)cc2C1. The second-order valence-electron chi connectivity index (χ2n) is 5.44. The zero-order chi connectivity index (χ0) is 14.3. The fourth-order valence-corrected chi connectivity index (χ4v) is 3.73. The van der Waals surface area contributed by atoms with Crippen LogP contribution in [-0.4, -0.2) is 11.5 Å². The van der Waals surface area contributed by atoms with Crippen LogP contribution in [0.1, 0.15) is 17.5 Å². The number of hydrogen-bond donors (Lipinski definition) is 2. The maximum Gasteiger partial charge on any atom is 0.129 e. The smallest absolute Gasteiger partial charge is 0.129 e. The summed E-state index contributed by atoms with van der Waals surface area (Å²) in [6.07, 6.45) is 3.99. The van der Waals surface area contributed by atoms with Gasteiger partial charge < -0.3 is 11.1 Å². The van der Waals surface area contributed by atoms with Crippen LogP contribution in [0.4, 0.5) is 8.78 Å². The van der Waals surface area contributed by atoms with Crippen LogP contribution in [-0.2, 0) is 12.8 Å². The van der Waals surface area contributed by atoms with Crippen LogP contribution in [0, 0.1) is 23.5 Å². The predicted octanol–water partition coefficient (Wildman–Crippen LogP) is 2.46. The van der Waals surface area contributed by atoms with Crippen molar-refractivity contribution in [3.8, 4) is 0 Å². The van der Waals surface area contributed by atoms with Crippen molar-refractivity contribution in [1.82, 2.24) is 5.32 Å². The first-order valence-electron chi connectivity index (χ1n) is 6.76. The first kappa shape index (κ1) is 13.6. The zero-order valence-electron chi connectivity index (χ0n) is 11.0. The number of rotatable bonds is 2. The average Bonchev–Trinajstić information content (AvgIpc) is 2.78. The molecule has 3 rings (SSSR count). The lowest BCUT2D eigenvalue weighted by Gasteiger charge is -2.30. The van der Waals surface area contributed by atoms with Gasteiger partial charge in [-0.2, -0.15) is 0 Å². The highest BCUT2D eigenvalue weighted by molar-refractivity contribution is 7.80. The molecule has 1 aromatic rings. The van der Waals surface area contributed by atoms with E-state index in [-0.39, 0.29) is 11.8 Å². The predicted molar refractivity (Wildman–Crippen MR) is 78.2 cm³/mol. The molecule has 3 N–H and O–H groups in total. The Balaban J connectivity index is 1.89. The van der Waals surface area contributed by atoms with Gasteiger partial charge in [0.15, 0.2) is 0 Å². The van der Waals surface area contributed by atoms with E-state index in [1.165, 1.54) is 6.07 Å². The van der Waals surface area contributed by atoms with Crippen molar-refractivity contribution in [2.24, 2.45) is 17.6 Å². The van der Waals surface area contributed by atoms with E-state index in [9.17, 15) is 8.78 Å². The summed E-state index contributed by atoms with van der Waals surface area (Å²) in [5.41, 5.74) is 8.25. The standard InChI is InChI=1S/C15H16F2N2S/c16-11-4-9-3-8(1-2-12(9)13(17)5-11)14-10(6-18)7-19-15(14)20/h4-5,7-8,14H,1-3,6,18H2,(H,19,20)/t8?,14-/m0/s1. The lowest BCUT2D eigenvalue weighted by Crippen LogP contribution is -2.31. The minimum atomic E-state index is -0.511. The molecule has 0 bridgehead atoms. The van der Waals surface area contributed by atoms with Crippen LogP contribution in [0.3, 0.4) is 0 Å². The summed E-state index contributed by atoms with van der Waals surface area (Å²) in [5.74, 6) is -0.570. The molecular formula is C15H16F2N2S. The van der Waals surface area contributed by atoms with Crippen molar-refractivity contribution in [2.75, 3.05) is 6.54 Å². The Morgan fingerprint density at radius 3 is 2.90 bits per heavy atom. The lowest BCUT2D eigenvalue weighted by atomic mass is 9.75. The highest BCUT2D eigenvalue weighted by atomic mass is 32.1. The number of benzene rings is 1. The van der Waals surface area contributed by atoms with Gasteiger partial charge in [-0.3, -0.25) is 0 Å². The third kappa shape index (κ3) is 2.25. The van der Waals surface area contributed by atoms with Gasteiger partial charge in [-0.15, -0.1) is 0 Å². The minimum absolute atomic E-state index is 0.106. The van der Waals surface area contributed by atoms with Crippen molar-refractivity contribution in [3.63, 3.8) is 0 Å². The highest BCUT2D eigenvalue weighted by Gasteiger charge is 2.34. The number of hydrogen-bond acceptors (Lipinski definition) is 2. The van der Waals surface area contributed by atoms with Gasteiger partial charge in [-0.25, -0.2) is 8.78 Å². The first-order valence-corrected chi connectivity index (χ1v) is 7.17. The Labute approximate surface area is 122 Å². The average molecular weight is 294 g/mol. The quantitative estimate of drug-likeness (QED) is 0.823. The van der Waals surface area contributed by atoms with Gasteiger partial charge >= 0.3 is 0 Å². The van der Waals surface area contributed by atoms with E-state index >= 15 is 0 Å². The summed E-state index contributed by atoms with van der Waals surface area (Å²) >= 11 is 5.35. The van der Waals surface area contributed by atoms with Crippen LogP contribution in [0.15, 0.2) is 23.9 Å². The Morgan fingerprint density at radius 1 is 1.35 bits per heavy atom. The maximum absolute atomic E-state index is 13.7. The summed E-state index contributed by atoms with van der Waals surface area (Å²) in [6.45, 7) is 0.457. The van der Waals surface area contributed by atoms with Crippen molar-refractivity contribution in [2.45, 2.75) is 19.3 Å². The molecule has 1 aromatic carbocycles. The number of fused-ring (bicyclic) bond motifs is 1. The van der Waals surface area contributed by atoms with Gasteiger partial charge in [-0.1, -0.05) is 12.2 Å². The van der Waals surface area contributed by atoms with Gasteiger partial charge in [0, 0.05) is 24.7 Å². The molecule has 1 aliphatic heterocycles. The Morgan fingerprint density at radius 2 is 2.15 bits per heavy atom. The van der Waals surface area contributed by atoms with Gasteiger partial charge in [0.05, 0.1) is 4.99 Å². The van der Waals surface area contributed by atoms with Crippen molar-refractivity contribution < 1.29 is 8.78 Å². The normalized spacial score (nSPS) is 25.1. The molecule has 106 valence electrons. The second kappa shape index (κ2) is 5.22. The minimum Gasteiger partial charge on any atom is -0.356 e. The molecule has 1 unspecified atom stereocenters. The zero-order valence-corrected chi connectivity index (χ0v) is 11.8. The van der Waals surface area contributed by atoms with E-state index < -0.39 is 11.6 Å². The van der Waals surface area contributed by atoms with Gasteiger partial charge in [0.2, 0.25) is 0 Å². The number of nitrogens with two attached hydrogens (primary N) is 1. The van der Waals surface area contributed by atoms with Crippen molar-refractivity contribution in [1.29, 1.82) is 0 Å². The molecule has 20 heavy (non-hydrogen) atoms. The Kier molecular flexibility index (Phi) is 3.56. The molecule has 0 radical (unpaired) electrons. The molecule has 0 fully saturated rings. The van der Waals surface area contributed by atoms with E-state index in [0.717, 1.165) is 28.6 Å². The summed E-state index contributed by atoms with van der Waals surface area (Å²) in [5, 5.41) is 3.06.